The number of halogens is 3. The van der Waals surface area contributed by atoms with Crippen LogP contribution in [0.5, 0.6) is 0 Å². The molecular weight excluding hydrogens is 375 g/mol. The van der Waals surface area contributed by atoms with Gasteiger partial charge in [0, 0.05) is 26.4 Å². The van der Waals surface area contributed by atoms with Crippen molar-refractivity contribution in [3.05, 3.63) is 17.8 Å². The molecule has 1 aliphatic rings. The zero-order chi connectivity index (χ0) is 19.4. The number of hydrogen-bond donors (Lipinski definition) is 2. The first-order valence-corrected chi connectivity index (χ1v) is 9.08. The van der Waals surface area contributed by atoms with Crippen molar-refractivity contribution in [2.45, 2.75) is 23.6 Å². The van der Waals surface area contributed by atoms with Gasteiger partial charge in [-0.2, -0.15) is 17.9 Å². The van der Waals surface area contributed by atoms with Gasteiger partial charge < -0.3 is 14.7 Å². The number of anilines is 1. The van der Waals surface area contributed by atoms with Crippen LogP contribution in [0, 0.1) is 11.8 Å². The van der Waals surface area contributed by atoms with Crippen molar-refractivity contribution >= 4 is 15.8 Å². The van der Waals surface area contributed by atoms with Crippen LogP contribution in [0.25, 0.3) is 0 Å². The monoisotopic (exact) mass is 393 g/mol. The van der Waals surface area contributed by atoms with E-state index in [1.807, 2.05) is 4.72 Å². The lowest BCUT2D eigenvalue weighted by molar-refractivity contribution is -0.137. The number of sulfonamides is 1. The average molecular weight is 393 g/mol. The zero-order valence-electron chi connectivity index (χ0n) is 13.9. The largest absolute Gasteiger partial charge is 0.420 e. The predicted octanol–water partition coefficient (Wildman–Crippen LogP) is 0.600. The summed E-state index contributed by atoms with van der Waals surface area (Å²) in [4.78, 5) is 4.58. The summed E-state index contributed by atoms with van der Waals surface area (Å²) in [5.41, 5.74) is -1.13. The Bertz CT molecular complexity index is 803. The molecule has 1 aromatic heterocycles. The molecule has 0 radical (unpaired) electrons. The van der Waals surface area contributed by atoms with Crippen molar-refractivity contribution in [2.24, 2.45) is 0 Å². The molecule has 1 aliphatic heterocycles. The molecule has 0 amide bonds. The fourth-order valence-electron chi connectivity index (χ4n) is 2.49. The molecule has 0 saturated carbocycles. The minimum Gasteiger partial charge on any atom is -0.384 e. The molecular formula is C15H18F3N3O4S. The van der Waals surface area contributed by atoms with Crippen LogP contribution in [0.4, 0.5) is 19.0 Å². The number of aliphatic hydroxyl groups is 1. The van der Waals surface area contributed by atoms with Gasteiger partial charge in [-0.25, -0.2) is 13.4 Å². The lowest BCUT2D eigenvalue weighted by Crippen LogP contribution is -2.28. The minimum absolute atomic E-state index is 0.201. The maximum atomic E-state index is 13.4. The molecule has 26 heavy (non-hydrogen) atoms. The quantitative estimate of drug-likeness (QED) is 0.712. The van der Waals surface area contributed by atoms with E-state index in [1.54, 1.807) is 0 Å². The van der Waals surface area contributed by atoms with E-state index in [0.717, 1.165) is 6.20 Å². The van der Waals surface area contributed by atoms with Crippen LogP contribution in [0.15, 0.2) is 17.2 Å². The zero-order valence-corrected chi connectivity index (χ0v) is 14.7. The highest BCUT2D eigenvalue weighted by Gasteiger charge is 2.38. The van der Waals surface area contributed by atoms with Crippen LogP contribution in [0.3, 0.4) is 0 Å². The molecule has 2 N–H and O–H groups in total. The highest BCUT2D eigenvalue weighted by atomic mass is 32.2. The molecule has 1 atom stereocenters. The van der Waals surface area contributed by atoms with Crippen LogP contribution in [0.1, 0.15) is 12.0 Å². The molecule has 0 unspecified atom stereocenters. The first-order chi connectivity index (χ1) is 12.2. The van der Waals surface area contributed by atoms with E-state index in [4.69, 9.17) is 9.84 Å². The van der Waals surface area contributed by atoms with Crippen molar-refractivity contribution in [1.82, 2.24) is 9.71 Å². The molecule has 1 aromatic rings. The summed E-state index contributed by atoms with van der Waals surface area (Å²) in [6.07, 6.45) is -3.53. The molecule has 2 heterocycles. The number of rotatable bonds is 5. The number of hydrogen-bond acceptors (Lipinski definition) is 6. The number of nitrogens with one attached hydrogen (secondary N) is 1. The van der Waals surface area contributed by atoms with Crippen LogP contribution in [0.2, 0.25) is 0 Å². The SMILES string of the molecule is CO[C@@H]1CCN(c2ncc(S(=O)(=O)NCC#CCO)cc2C(F)(F)F)C1. The van der Waals surface area contributed by atoms with Crippen molar-refractivity contribution in [3.8, 4) is 11.8 Å². The van der Waals surface area contributed by atoms with Crippen LogP contribution in [-0.2, 0) is 20.9 Å². The van der Waals surface area contributed by atoms with Gasteiger partial charge in [-0.05, 0) is 12.5 Å². The highest BCUT2D eigenvalue weighted by Crippen LogP contribution is 2.37. The second-order valence-corrected chi connectivity index (χ2v) is 7.24. The molecule has 144 valence electrons. The van der Waals surface area contributed by atoms with Gasteiger partial charge in [-0.3, -0.25) is 0 Å². The summed E-state index contributed by atoms with van der Waals surface area (Å²) in [6, 6.07) is 0.560. The van der Waals surface area contributed by atoms with Gasteiger partial charge in [0.05, 0.1) is 18.2 Å². The summed E-state index contributed by atoms with van der Waals surface area (Å²) < 4.78 is 71.7. The molecule has 7 nitrogen and oxygen atoms in total. The van der Waals surface area contributed by atoms with E-state index in [0.29, 0.717) is 19.0 Å². The van der Waals surface area contributed by atoms with Gasteiger partial charge in [0.2, 0.25) is 10.0 Å². The molecule has 0 aromatic carbocycles. The van der Waals surface area contributed by atoms with Crippen LogP contribution < -0.4 is 9.62 Å². The summed E-state index contributed by atoms with van der Waals surface area (Å²) in [5, 5.41) is 8.51. The maximum Gasteiger partial charge on any atom is 0.420 e. The average Bonchev–Trinajstić information content (AvgIpc) is 3.06. The lowest BCUT2D eigenvalue weighted by atomic mass is 10.2. The molecule has 0 bridgehead atoms. The Morgan fingerprint density at radius 2 is 2.19 bits per heavy atom. The van der Waals surface area contributed by atoms with Crippen molar-refractivity contribution in [2.75, 3.05) is 38.3 Å². The molecule has 1 fully saturated rings. The smallest absolute Gasteiger partial charge is 0.384 e. The molecule has 2 rings (SSSR count). The van der Waals surface area contributed by atoms with Crippen molar-refractivity contribution in [1.29, 1.82) is 0 Å². The Kier molecular flexibility index (Phi) is 6.46. The Hall–Kier alpha value is -1.87. The Labute approximate surface area is 149 Å². The fraction of sp³-hybridized carbons (Fsp3) is 0.533. The first-order valence-electron chi connectivity index (χ1n) is 7.60. The summed E-state index contributed by atoms with van der Waals surface area (Å²) >= 11 is 0. The van der Waals surface area contributed by atoms with Crippen LogP contribution >= 0.6 is 0 Å². The topological polar surface area (TPSA) is 91.8 Å². The second-order valence-electron chi connectivity index (χ2n) is 5.47. The van der Waals surface area contributed by atoms with E-state index in [9.17, 15) is 21.6 Å². The van der Waals surface area contributed by atoms with Gasteiger partial charge in [0.25, 0.3) is 0 Å². The van der Waals surface area contributed by atoms with Crippen molar-refractivity contribution < 1.29 is 31.4 Å². The van der Waals surface area contributed by atoms with Crippen LogP contribution in [-0.4, -0.2) is 58.0 Å². The van der Waals surface area contributed by atoms with E-state index in [-0.39, 0.29) is 25.0 Å². The fourth-order valence-corrected chi connectivity index (χ4v) is 3.39. The number of methoxy groups -OCH3 is 1. The third-order valence-electron chi connectivity index (χ3n) is 3.79. The molecule has 11 heteroatoms. The van der Waals surface area contributed by atoms with Gasteiger partial charge in [0.15, 0.2) is 0 Å². The number of pyridine rings is 1. The van der Waals surface area contributed by atoms with Gasteiger partial charge in [-0.1, -0.05) is 11.8 Å². The Morgan fingerprint density at radius 3 is 2.77 bits per heavy atom. The van der Waals surface area contributed by atoms with Gasteiger partial charge in [-0.15, -0.1) is 0 Å². The number of aromatic nitrogens is 1. The van der Waals surface area contributed by atoms with Gasteiger partial charge in [0.1, 0.15) is 17.3 Å². The van der Waals surface area contributed by atoms with Gasteiger partial charge >= 0.3 is 6.18 Å². The van der Waals surface area contributed by atoms with E-state index < -0.39 is 33.3 Å². The van der Waals surface area contributed by atoms with E-state index in [1.165, 1.54) is 12.0 Å². The normalized spacial score (nSPS) is 17.9. The molecule has 0 aliphatic carbocycles. The number of alkyl halides is 3. The highest BCUT2D eigenvalue weighted by molar-refractivity contribution is 7.89. The number of nitrogens with zero attached hydrogens (tertiary/aromatic N) is 2. The minimum atomic E-state index is -4.77. The summed E-state index contributed by atoms with van der Waals surface area (Å²) in [6.45, 7) is -0.217. The summed E-state index contributed by atoms with van der Waals surface area (Å²) in [7, 11) is -2.74. The third kappa shape index (κ3) is 4.85. The Morgan fingerprint density at radius 1 is 1.46 bits per heavy atom. The third-order valence-corrected chi connectivity index (χ3v) is 5.16. The molecule has 0 spiro atoms. The summed E-state index contributed by atoms with van der Waals surface area (Å²) in [5.74, 6) is 4.22. The lowest BCUT2D eigenvalue weighted by Gasteiger charge is -2.22. The maximum absolute atomic E-state index is 13.4. The number of ether oxygens (including phenoxy) is 1. The second kappa shape index (κ2) is 8.22. The van der Waals surface area contributed by atoms with E-state index >= 15 is 0 Å². The molecule has 1 saturated heterocycles. The van der Waals surface area contributed by atoms with Crippen molar-refractivity contribution in [3.63, 3.8) is 0 Å². The standard InChI is InChI=1S/C15H18F3N3O4S/c1-25-11-4-6-21(10-11)14-13(15(16,17)18)8-12(9-19-14)26(23,24)20-5-2-3-7-22/h8-9,11,20,22H,4-7,10H2,1H3/t11-/m1/s1. The first kappa shape index (κ1) is 20.4. The van der Waals surface area contributed by atoms with E-state index in [2.05, 4.69) is 16.8 Å². The predicted molar refractivity (Wildman–Crippen MR) is 86.9 cm³/mol. The Balaban J connectivity index is 2.34. The number of aliphatic hydroxyl groups excluding tert-OH is 1.